The lowest BCUT2D eigenvalue weighted by atomic mass is 10.1. The SMILES string of the molecule is CCNC(=NCC(O)c1cc(OC)ccc1OC)NC1CCN(CCOC(C)C)CC1.I. The van der Waals surface area contributed by atoms with Crippen molar-refractivity contribution in [1.82, 2.24) is 15.5 Å². The zero-order valence-corrected chi connectivity index (χ0v) is 22.4. The van der Waals surface area contributed by atoms with Crippen molar-refractivity contribution in [3.8, 4) is 11.5 Å². The summed E-state index contributed by atoms with van der Waals surface area (Å²) in [5.74, 6) is 2.02. The van der Waals surface area contributed by atoms with Gasteiger partial charge in [0.2, 0.25) is 0 Å². The van der Waals surface area contributed by atoms with Crippen molar-refractivity contribution < 1.29 is 19.3 Å². The number of aliphatic imine (C=N–C) groups is 1. The third-order valence-corrected chi connectivity index (χ3v) is 5.35. The van der Waals surface area contributed by atoms with Crippen LogP contribution >= 0.6 is 24.0 Å². The van der Waals surface area contributed by atoms with Crippen LogP contribution in [-0.4, -0.2) is 81.7 Å². The Morgan fingerprint density at radius 1 is 1.22 bits per heavy atom. The fourth-order valence-electron chi connectivity index (χ4n) is 3.61. The van der Waals surface area contributed by atoms with E-state index in [1.165, 1.54) is 0 Å². The molecule has 0 bridgehead atoms. The molecule has 32 heavy (non-hydrogen) atoms. The minimum Gasteiger partial charge on any atom is -0.497 e. The van der Waals surface area contributed by atoms with E-state index in [4.69, 9.17) is 14.2 Å². The van der Waals surface area contributed by atoms with Crippen molar-refractivity contribution in [2.24, 2.45) is 4.99 Å². The standard InChI is InChI=1S/C23H40N4O4.HI/c1-6-24-23(26-18-9-11-27(12-10-18)13-14-31-17(2)3)25-16-21(28)20-15-19(29-4)7-8-22(20)30-5;/h7-8,15,17-18,21,28H,6,9-14,16H2,1-5H3,(H2,24,25,26);1H. The quantitative estimate of drug-likeness (QED) is 0.217. The lowest BCUT2D eigenvalue weighted by Gasteiger charge is -2.33. The predicted molar refractivity (Wildman–Crippen MR) is 140 cm³/mol. The zero-order valence-electron chi connectivity index (χ0n) is 20.1. The molecule has 1 aromatic carbocycles. The van der Waals surface area contributed by atoms with Crippen LogP contribution in [0.1, 0.15) is 45.3 Å². The van der Waals surface area contributed by atoms with Crippen LogP contribution in [0.3, 0.4) is 0 Å². The first-order valence-electron chi connectivity index (χ1n) is 11.3. The monoisotopic (exact) mass is 564 g/mol. The maximum atomic E-state index is 10.7. The van der Waals surface area contributed by atoms with E-state index in [0.29, 0.717) is 23.1 Å². The molecule has 0 aromatic heterocycles. The fraction of sp³-hybridized carbons (Fsp3) is 0.696. The van der Waals surface area contributed by atoms with E-state index in [-0.39, 0.29) is 36.6 Å². The second-order valence-corrected chi connectivity index (χ2v) is 8.02. The highest BCUT2D eigenvalue weighted by molar-refractivity contribution is 14.0. The molecule has 0 radical (unpaired) electrons. The molecule has 0 aliphatic carbocycles. The van der Waals surface area contributed by atoms with Gasteiger partial charge in [0.15, 0.2) is 5.96 Å². The van der Waals surface area contributed by atoms with Crippen molar-refractivity contribution in [3.63, 3.8) is 0 Å². The second kappa shape index (κ2) is 15.5. The molecule has 0 spiro atoms. The van der Waals surface area contributed by atoms with Gasteiger partial charge in [0, 0.05) is 37.8 Å². The lowest BCUT2D eigenvalue weighted by Crippen LogP contribution is -2.49. The first-order chi connectivity index (χ1) is 15.0. The fourth-order valence-corrected chi connectivity index (χ4v) is 3.61. The molecular formula is C23H41IN4O4. The van der Waals surface area contributed by atoms with E-state index in [1.54, 1.807) is 26.4 Å². The molecule has 1 aliphatic heterocycles. The van der Waals surface area contributed by atoms with Gasteiger partial charge in [-0.3, -0.25) is 4.99 Å². The highest BCUT2D eigenvalue weighted by Crippen LogP contribution is 2.29. The number of guanidine groups is 1. The molecule has 1 aromatic rings. The first kappa shape index (κ1) is 28.7. The molecule has 8 nitrogen and oxygen atoms in total. The van der Waals surface area contributed by atoms with Crippen LogP contribution in [0.4, 0.5) is 0 Å². The van der Waals surface area contributed by atoms with Crippen LogP contribution < -0.4 is 20.1 Å². The number of ether oxygens (including phenoxy) is 3. The Balaban J connectivity index is 0.00000512. The third-order valence-electron chi connectivity index (χ3n) is 5.35. The van der Waals surface area contributed by atoms with Crippen molar-refractivity contribution in [2.75, 3.05) is 53.6 Å². The summed E-state index contributed by atoms with van der Waals surface area (Å²) in [7, 11) is 3.19. The molecule has 3 N–H and O–H groups in total. The van der Waals surface area contributed by atoms with Crippen molar-refractivity contribution in [1.29, 1.82) is 0 Å². The molecule has 1 heterocycles. The Hall–Kier alpha value is -1.30. The van der Waals surface area contributed by atoms with E-state index in [0.717, 1.165) is 51.6 Å². The summed E-state index contributed by atoms with van der Waals surface area (Å²) in [5.41, 5.74) is 0.665. The molecule has 9 heteroatoms. The molecule has 1 unspecified atom stereocenters. The van der Waals surface area contributed by atoms with Gasteiger partial charge in [0.25, 0.3) is 0 Å². The van der Waals surface area contributed by atoms with Gasteiger partial charge in [0.1, 0.15) is 17.6 Å². The number of methoxy groups -OCH3 is 2. The summed E-state index contributed by atoms with van der Waals surface area (Å²) >= 11 is 0. The van der Waals surface area contributed by atoms with Crippen LogP contribution in [0.25, 0.3) is 0 Å². The molecule has 1 aliphatic rings. The highest BCUT2D eigenvalue weighted by Gasteiger charge is 2.20. The molecule has 0 saturated carbocycles. The number of nitrogens with zero attached hydrogens (tertiary/aromatic N) is 2. The number of hydrogen-bond acceptors (Lipinski definition) is 6. The lowest BCUT2D eigenvalue weighted by molar-refractivity contribution is 0.0532. The average Bonchev–Trinajstić information content (AvgIpc) is 2.77. The van der Waals surface area contributed by atoms with Crippen LogP contribution in [0.5, 0.6) is 11.5 Å². The van der Waals surface area contributed by atoms with Crippen LogP contribution in [0.2, 0.25) is 0 Å². The first-order valence-corrected chi connectivity index (χ1v) is 11.3. The Labute approximate surface area is 210 Å². The summed E-state index contributed by atoms with van der Waals surface area (Å²) in [4.78, 5) is 7.07. The molecule has 1 atom stereocenters. The number of aliphatic hydroxyl groups is 1. The van der Waals surface area contributed by atoms with Crippen LogP contribution in [0, 0.1) is 0 Å². The van der Waals surface area contributed by atoms with Gasteiger partial charge in [-0.05, 0) is 51.8 Å². The summed E-state index contributed by atoms with van der Waals surface area (Å²) in [6.45, 7) is 11.0. The van der Waals surface area contributed by atoms with Gasteiger partial charge >= 0.3 is 0 Å². The van der Waals surface area contributed by atoms with E-state index < -0.39 is 6.10 Å². The van der Waals surface area contributed by atoms with Gasteiger partial charge < -0.3 is 34.9 Å². The van der Waals surface area contributed by atoms with Gasteiger partial charge in [0.05, 0.1) is 33.5 Å². The highest BCUT2D eigenvalue weighted by atomic mass is 127. The van der Waals surface area contributed by atoms with E-state index in [9.17, 15) is 5.11 Å². The largest absolute Gasteiger partial charge is 0.497 e. The summed E-state index contributed by atoms with van der Waals surface area (Å²) < 4.78 is 16.3. The molecular weight excluding hydrogens is 523 g/mol. The maximum Gasteiger partial charge on any atom is 0.191 e. The van der Waals surface area contributed by atoms with Gasteiger partial charge in [-0.25, -0.2) is 0 Å². The number of benzene rings is 1. The smallest absolute Gasteiger partial charge is 0.191 e. The average molecular weight is 565 g/mol. The molecule has 184 valence electrons. The van der Waals surface area contributed by atoms with Gasteiger partial charge in [-0.1, -0.05) is 0 Å². The number of aliphatic hydroxyl groups excluding tert-OH is 1. The summed E-state index contributed by atoms with van der Waals surface area (Å²) in [6.07, 6.45) is 1.60. The minimum atomic E-state index is -0.789. The second-order valence-electron chi connectivity index (χ2n) is 8.02. The number of rotatable bonds is 11. The van der Waals surface area contributed by atoms with Crippen molar-refractivity contribution in [3.05, 3.63) is 23.8 Å². The number of hydrogen-bond donors (Lipinski definition) is 3. The molecule has 0 amide bonds. The Kier molecular flexibility index (Phi) is 13.9. The van der Waals surface area contributed by atoms with E-state index in [1.807, 2.05) is 13.0 Å². The topological polar surface area (TPSA) is 87.6 Å². The Morgan fingerprint density at radius 3 is 2.53 bits per heavy atom. The van der Waals surface area contributed by atoms with Crippen molar-refractivity contribution in [2.45, 2.75) is 51.9 Å². The molecule has 1 saturated heterocycles. The molecule has 1 fully saturated rings. The number of likely N-dealkylation sites (tertiary alicyclic amines) is 1. The zero-order chi connectivity index (χ0) is 22.6. The van der Waals surface area contributed by atoms with Crippen molar-refractivity contribution >= 4 is 29.9 Å². The van der Waals surface area contributed by atoms with Gasteiger partial charge in [-0.15, -0.1) is 24.0 Å². The third kappa shape index (κ3) is 9.68. The Morgan fingerprint density at radius 2 is 1.94 bits per heavy atom. The van der Waals surface area contributed by atoms with Crippen LogP contribution in [0.15, 0.2) is 23.2 Å². The van der Waals surface area contributed by atoms with E-state index >= 15 is 0 Å². The maximum absolute atomic E-state index is 10.7. The number of halogens is 1. The molecule has 2 rings (SSSR count). The minimum absolute atomic E-state index is 0. The summed E-state index contributed by atoms with van der Waals surface area (Å²) in [5, 5.41) is 17.5. The van der Waals surface area contributed by atoms with Crippen LogP contribution in [-0.2, 0) is 4.74 Å². The Bertz CT molecular complexity index is 682. The predicted octanol–water partition coefficient (Wildman–Crippen LogP) is 2.80. The number of nitrogens with one attached hydrogen (secondary N) is 2. The van der Waals surface area contributed by atoms with E-state index in [2.05, 4.69) is 34.4 Å². The number of piperidine rings is 1. The summed E-state index contributed by atoms with van der Waals surface area (Å²) in [6, 6.07) is 5.76. The normalized spacial score (nSPS) is 16.4. The van der Waals surface area contributed by atoms with Gasteiger partial charge in [-0.2, -0.15) is 0 Å².